The number of carbonyl (C=O) groups excluding carboxylic acids is 1. The maximum absolute atomic E-state index is 12.2. The molecule has 1 aliphatic heterocycles. The van der Waals surface area contributed by atoms with Crippen LogP contribution in [0, 0.1) is 11.3 Å². The number of nitriles is 1. The summed E-state index contributed by atoms with van der Waals surface area (Å²) in [5.41, 5.74) is 2.89. The van der Waals surface area contributed by atoms with Gasteiger partial charge in [-0.15, -0.1) is 11.8 Å². The molecule has 1 aromatic rings. The van der Waals surface area contributed by atoms with Crippen molar-refractivity contribution in [2.75, 3.05) is 5.75 Å². The van der Waals surface area contributed by atoms with Crippen LogP contribution in [0.1, 0.15) is 32.3 Å². The van der Waals surface area contributed by atoms with Gasteiger partial charge in [-0.2, -0.15) is 5.26 Å². The van der Waals surface area contributed by atoms with Crippen molar-refractivity contribution in [2.24, 2.45) is 0 Å². The van der Waals surface area contributed by atoms with Crippen LogP contribution in [0.2, 0.25) is 5.02 Å². The summed E-state index contributed by atoms with van der Waals surface area (Å²) in [7, 11) is 0. The second-order valence-corrected chi connectivity index (χ2v) is 6.91. The van der Waals surface area contributed by atoms with Crippen LogP contribution in [-0.2, 0) is 4.79 Å². The first-order chi connectivity index (χ1) is 11.5. The van der Waals surface area contributed by atoms with Crippen LogP contribution >= 0.6 is 23.4 Å². The van der Waals surface area contributed by atoms with Crippen LogP contribution < -0.4 is 5.32 Å². The summed E-state index contributed by atoms with van der Waals surface area (Å²) in [4.78, 5) is 12.2. The number of carbonyl (C=O) groups is 1. The lowest BCUT2D eigenvalue weighted by molar-refractivity contribution is -0.113. The largest absolute Gasteiger partial charge is 0.353 e. The molecule has 5 heteroatoms. The first-order valence-electron chi connectivity index (χ1n) is 7.62. The lowest BCUT2D eigenvalue weighted by Gasteiger charge is -2.29. The number of hydrogen-bond donors (Lipinski definition) is 1. The van der Waals surface area contributed by atoms with Crippen molar-refractivity contribution in [1.82, 2.24) is 5.32 Å². The number of benzene rings is 1. The van der Waals surface area contributed by atoms with Gasteiger partial charge >= 0.3 is 0 Å². The first kappa shape index (κ1) is 18.4. The van der Waals surface area contributed by atoms with Crippen molar-refractivity contribution in [2.45, 2.75) is 26.7 Å². The second-order valence-electron chi connectivity index (χ2n) is 5.44. The zero-order chi connectivity index (χ0) is 17.7. The average Bonchev–Trinajstić information content (AvgIpc) is 2.55. The lowest BCUT2D eigenvalue weighted by Crippen LogP contribution is -2.27. The quantitative estimate of drug-likeness (QED) is 0.758. The highest BCUT2D eigenvalue weighted by molar-refractivity contribution is 8.03. The van der Waals surface area contributed by atoms with E-state index in [2.05, 4.69) is 11.4 Å². The summed E-state index contributed by atoms with van der Waals surface area (Å²) in [6.45, 7) is 5.38. The number of allylic oxidation sites excluding steroid dienone is 4. The smallest absolute Gasteiger partial charge is 0.158 e. The van der Waals surface area contributed by atoms with Gasteiger partial charge in [0.25, 0.3) is 0 Å². The van der Waals surface area contributed by atoms with E-state index in [4.69, 9.17) is 11.6 Å². The number of halogens is 1. The lowest BCUT2D eigenvalue weighted by atomic mass is 9.81. The van der Waals surface area contributed by atoms with Crippen molar-refractivity contribution in [3.8, 4) is 6.07 Å². The number of thioether (sulfide) groups is 1. The third-order valence-electron chi connectivity index (χ3n) is 3.79. The Morgan fingerprint density at radius 3 is 2.62 bits per heavy atom. The number of dihydropyridines is 1. The standard InChI is InChI=1S/C19H19ClN2OS/c1-4-5-10-24-19-16(11-21)18(14-6-8-15(20)9-7-14)17(13(3)23)12(2)22-19/h4-9,18,22H,10H2,1-3H3/b5-4+/t18-/m1/s1. The van der Waals surface area contributed by atoms with Crippen LogP contribution in [0.4, 0.5) is 0 Å². The highest BCUT2D eigenvalue weighted by Gasteiger charge is 2.32. The van der Waals surface area contributed by atoms with E-state index in [-0.39, 0.29) is 11.7 Å². The number of rotatable bonds is 5. The highest BCUT2D eigenvalue weighted by Crippen LogP contribution is 2.40. The van der Waals surface area contributed by atoms with Crippen molar-refractivity contribution in [3.63, 3.8) is 0 Å². The molecule has 1 atom stereocenters. The zero-order valence-corrected chi connectivity index (χ0v) is 15.5. The molecule has 0 spiro atoms. The maximum atomic E-state index is 12.2. The van der Waals surface area contributed by atoms with E-state index in [1.807, 2.05) is 38.1 Å². The fraction of sp³-hybridized carbons (Fsp3) is 0.263. The van der Waals surface area contributed by atoms with Crippen molar-refractivity contribution in [1.29, 1.82) is 5.26 Å². The number of nitrogens with one attached hydrogen (secondary N) is 1. The fourth-order valence-electron chi connectivity index (χ4n) is 2.71. The van der Waals surface area contributed by atoms with E-state index < -0.39 is 0 Å². The molecule has 0 saturated heterocycles. The van der Waals surface area contributed by atoms with E-state index in [0.717, 1.165) is 22.0 Å². The van der Waals surface area contributed by atoms with Gasteiger partial charge in [0.15, 0.2) is 5.78 Å². The van der Waals surface area contributed by atoms with E-state index in [1.54, 1.807) is 23.9 Å². The zero-order valence-electron chi connectivity index (χ0n) is 13.9. The first-order valence-corrected chi connectivity index (χ1v) is 8.98. The number of nitrogens with zero attached hydrogens (tertiary/aromatic N) is 1. The molecule has 0 saturated carbocycles. The normalized spacial score (nSPS) is 17.9. The minimum atomic E-state index is -0.362. The molecular weight excluding hydrogens is 340 g/mol. The van der Waals surface area contributed by atoms with Crippen molar-refractivity contribution in [3.05, 3.63) is 68.9 Å². The Hall–Kier alpha value is -1.96. The van der Waals surface area contributed by atoms with Crippen LogP contribution in [0.25, 0.3) is 0 Å². The summed E-state index contributed by atoms with van der Waals surface area (Å²) >= 11 is 7.54. The molecule has 2 rings (SSSR count). The summed E-state index contributed by atoms with van der Waals surface area (Å²) in [5.74, 6) is 0.365. The van der Waals surface area contributed by atoms with E-state index in [1.165, 1.54) is 6.92 Å². The predicted molar refractivity (Wildman–Crippen MR) is 101 cm³/mol. The molecular formula is C19H19ClN2OS. The van der Waals surface area contributed by atoms with Gasteiger partial charge in [-0.25, -0.2) is 0 Å². The van der Waals surface area contributed by atoms with Crippen LogP contribution in [0.5, 0.6) is 0 Å². The molecule has 1 aliphatic rings. The SMILES string of the molecule is C/C=C/CSC1=C(C#N)[C@@H](c2ccc(Cl)cc2)C(C(C)=O)=C(C)N1. The van der Waals surface area contributed by atoms with Crippen molar-refractivity contribution < 1.29 is 4.79 Å². The van der Waals surface area contributed by atoms with E-state index in [9.17, 15) is 10.1 Å². The van der Waals surface area contributed by atoms with Crippen LogP contribution in [0.3, 0.4) is 0 Å². The highest BCUT2D eigenvalue weighted by atomic mass is 35.5. The van der Waals surface area contributed by atoms with Crippen molar-refractivity contribution >= 4 is 29.1 Å². The molecule has 3 nitrogen and oxygen atoms in total. The molecule has 124 valence electrons. The fourth-order valence-corrected chi connectivity index (χ4v) is 3.84. The Bertz CT molecular complexity index is 770. The third kappa shape index (κ3) is 3.92. The van der Waals surface area contributed by atoms with Gasteiger partial charge in [0.05, 0.1) is 22.6 Å². The van der Waals surface area contributed by atoms with Gasteiger partial charge in [-0.05, 0) is 38.5 Å². The minimum absolute atomic E-state index is 0.0368. The number of ketones is 1. The topological polar surface area (TPSA) is 52.9 Å². The molecule has 0 bridgehead atoms. The molecule has 0 radical (unpaired) electrons. The Balaban J connectivity index is 2.55. The predicted octanol–water partition coefficient (Wildman–Crippen LogP) is 4.93. The minimum Gasteiger partial charge on any atom is -0.353 e. The number of hydrogen-bond acceptors (Lipinski definition) is 4. The molecule has 24 heavy (non-hydrogen) atoms. The number of Topliss-reactive ketones (excluding diaryl/α,β-unsaturated/α-hetero) is 1. The molecule has 0 aliphatic carbocycles. The second kappa shape index (κ2) is 8.23. The average molecular weight is 359 g/mol. The van der Waals surface area contributed by atoms with Gasteiger partial charge in [0, 0.05) is 22.0 Å². The van der Waals surface area contributed by atoms with Gasteiger partial charge in [0.1, 0.15) is 0 Å². The summed E-state index contributed by atoms with van der Waals surface area (Å²) < 4.78 is 0. The molecule has 0 aromatic heterocycles. The van der Waals surface area contributed by atoms with Crippen LogP contribution in [-0.4, -0.2) is 11.5 Å². The Morgan fingerprint density at radius 2 is 2.08 bits per heavy atom. The molecule has 1 N–H and O–H groups in total. The molecule has 0 amide bonds. The van der Waals surface area contributed by atoms with Gasteiger partial charge in [-0.1, -0.05) is 35.9 Å². The molecule has 1 heterocycles. The monoisotopic (exact) mass is 358 g/mol. The van der Waals surface area contributed by atoms with Gasteiger partial charge < -0.3 is 5.32 Å². The van der Waals surface area contributed by atoms with Gasteiger partial charge in [0.2, 0.25) is 0 Å². The summed E-state index contributed by atoms with van der Waals surface area (Å²) in [5, 5.41) is 14.4. The summed E-state index contributed by atoms with van der Waals surface area (Å²) in [6.07, 6.45) is 4.01. The Labute approximate surface area is 152 Å². The Morgan fingerprint density at radius 1 is 1.42 bits per heavy atom. The Kier molecular flexibility index (Phi) is 6.30. The van der Waals surface area contributed by atoms with E-state index >= 15 is 0 Å². The third-order valence-corrected chi connectivity index (χ3v) is 5.01. The molecule has 0 unspecified atom stereocenters. The van der Waals surface area contributed by atoms with E-state index in [0.29, 0.717) is 16.2 Å². The summed E-state index contributed by atoms with van der Waals surface area (Å²) in [6, 6.07) is 9.62. The molecule has 0 fully saturated rings. The van der Waals surface area contributed by atoms with Crippen LogP contribution in [0.15, 0.2) is 58.3 Å². The van der Waals surface area contributed by atoms with Gasteiger partial charge in [-0.3, -0.25) is 4.79 Å². The molecule has 1 aromatic carbocycles. The maximum Gasteiger partial charge on any atom is 0.158 e.